The number of hydrogen-bond acceptors (Lipinski definition) is 3. The van der Waals surface area contributed by atoms with Crippen molar-refractivity contribution in [1.82, 2.24) is 9.62 Å². The minimum Gasteiger partial charge on any atom is -0.317 e. The van der Waals surface area contributed by atoms with E-state index in [2.05, 4.69) is 28.2 Å². The van der Waals surface area contributed by atoms with Gasteiger partial charge in [0.1, 0.15) is 0 Å². The summed E-state index contributed by atoms with van der Waals surface area (Å²) in [5, 5.41) is 3.74. The first-order valence-corrected chi connectivity index (χ1v) is 9.72. The lowest BCUT2D eigenvalue weighted by Crippen LogP contribution is -2.40. The Morgan fingerprint density at radius 3 is 2.55 bits per heavy atom. The molecule has 2 rings (SSSR count). The molecule has 1 fully saturated rings. The molecule has 0 bridgehead atoms. The van der Waals surface area contributed by atoms with Crippen molar-refractivity contribution in [1.29, 1.82) is 0 Å². The topological polar surface area (TPSA) is 49.4 Å². The standard InChI is InChI=1S/C14H20BrClN2O2S.ClH/c1-2-17-10-11-5-7-18(8-6-11)21(19,20)12-3-4-13(15)14(16)9-12;/h3-4,9,11,17H,2,5-8,10H2,1H3;1H. The molecule has 0 amide bonds. The highest BCUT2D eigenvalue weighted by Gasteiger charge is 2.29. The van der Waals surface area contributed by atoms with Crippen LogP contribution in [0, 0.1) is 5.92 Å². The molecule has 1 aromatic rings. The summed E-state index contributed by atoms with van der Waals surface area (Å²) in [5.74, 6) is 0.560. The van der Waals surface area contributed by atoms with E-state index >= 15 is 0 Å². The van der Waals surface area contributed by atoms with Gasteiger partial charge in [-0.1, -0.05) is 18.5 Å². The zero-order chi connectivity index (χ0) is 15.5. The van der Waals surface area contributed by atoms with E-state index in [-0.39, 0.29) is 17.3 Å². The second-order valence-corrected chi connectivity index (χ2v) is 8.43. The highest BCUT2D eigenvalue weighted by molar-refractivity contribution is 9.10. The van der Waals surface area contributed by atoms with Gasteiger partial charge in [0.15, 0.2) is 0 Å². The van der Waals surface area contributed by atoms with Crippen molar-refractivity contribution in [2.24, 2.45) is 5.92 Å². The number of sulfonamides is 1. The highest BCUT2D eigenvalue weighted by Crippen LogP contribution is 2.28. The van der Waals surface area contributed by atoms with Gasteiger partial charge >= 0.3 is 0 Å². The van der Waals surface area contributed by atoms with E-state index in [0.29, 0.717) is 28.5 Å². The molecule has 126 valence electrons. The number of rotatable bonds is 5. The fourth-order valence-corrected chi connectivity index (χ4v) is 4.48. The van der Waals surface area contributed by atoms with Gasteiger partial charge < -0.3 is 5.32 Å². The van der Waals surface area contributed by atoms with Crippen molar-refractivity contribution in [3.8, 4) is 0 Å². The molecular formula is C14H21BrCl2N2O2S. The van der Waals surface area contributed by atoms with Crippen LogP contribution < -0.4 is 5.32 Å². The molecule has 8 heteroatoms. The van der Waals surface area contributed by atoms with Gasteiger partial charge in [-0.25, -0.2) is 8.42 Å². The number of piperidine rings is 1. The van der Waals surface area contributed by atoms with Crippen LogP contribution >= 0.6 is 39.9 Å². The first-order valence-electron chi connectivity index (χ1n) is 7.11. The van der Waals surface area contributed by atoms with Crippen molar-refractivity contribution in [2.45, 2.75) is 24.7 Å². The number of nitrogens with zero attached hydrogens (tertiary/aromatic N) is 1. The minimum absolute atomic E-state index is 0. The minimum atomic E-state index is -3.44. The Morgan fingerprint density at radius 2 is 2.00 bits per heavy atom. The summed E-state index contributed by atoms with van der Waals surface area (Å²) in [6, 6.07) is 4.77. The lowest BCUT2D eigenvalue weighted by molar-refractivity contribution is 0.268. The van der Waals surface area contributed by atoms with E-state index in [9.17, 15) is 8.42 Å². The Balaban J connectivity index is 0.00000242. The third-order valence-electron chi connectivity index (χ3n) is 3.79. The third kappa shape index (κ3) is 4.82. The maximum absolute atomic E-state index is 12.6. The molecule has 1 aliphatic rings. The van der Waals surface area contributed by atoms with Crippen LogP contribution in [0.2, 0.25) is 5.02 Å². The van der Waals surface area contributed by atoms with Gasteiger partial charge in [-0.3, -0.25) is 0 Å². The molecule has 1 N–H and O–H groups in total. The summed E-state index contributed by atoms with van der Waals surface area (Å²) < 4.78 is 27.5. The summed E-state index contributed by atoms with van der Waals surface area (Å²) in [6.45, 7) is 5.15. The normalized spacial score (nSPS) is 17.2. The van der Waals surface area contributed by atoms with Crippen LogP contribution in [0.25, 0.3) is 0 Å². The predicted molar refractivity (Wildman–Crippen MR) is 96.4 cm³/mol. The Kier molecular flexibility index (Phi) is 8.12. The fourth-order valence-electron chi connectivity index (χ4n) is 2.49. The molecule has 1 saturated heterocycles. The van der Waals surface area contributed by atoms with Gasteiger partial charge in [0.25, 0.3) is 0 Å². The lowest BCUT2D eigenvalue weighted by Gasteiger charge is -2.31. The molecule has 1 aromatic carbocycles. The molecule has 1 heterocycles. The monoisotopic (exact) mass is 430 g/mol. The van der Waals surface area contributed by atoms with Crippen LogP contribution in [-0.2, 0) is 10.0 Å². The van der Waals surface area contributed by atoms with Crippen LogP contribution in [0.1, 0.15) is 19.8 Å². The summed E-state index contributed by atoms with van der Waals surface area (Å²) in [6.07, 6.45) is 1.80. The molecule has 0 saturated carbocycles. The van der Waals surface area contributed by atoms with Gasteiger partial charge in [0.2, 0.25) is 10.0 Å². The molecule has 0 radical (unpaired) electrons. The first kappa shape index (κ1) is 20.2. The molecular weight excluding hydrogens is 411 g/mol. The quantitative estimate of drug-likeness (QED) is 0.775. The number of nitrogens with one attached hydrogen (secondary N) is 1. The average molecular weight is 432 g/mol. The molecule has 0 atom stereocenters. The van der Waals surface area contributed by atoms with Crippen LogP contribution in [0.3, 0.4) is 0 Å². The highest BCUT2D eigenvalue weighted by atomic mass is 79.9. The molecule has 0 aliphatic carbocycles. The van der Waals surface area contributed by atoms with Gasteiger partial charge in [0, 0.05) is 17.6 Å². The summed E-state index contributed by atoms with van der Waals surface area (Å²) in [5.41, 5.74) is 0. The Bertz CT molecular complexity index is 591. The van der Waals surface area contributed by atoms with Crippen LogP contribution in [0.15, 0.2) is 27.6 Å². The van der Waals surface area contributed by atoms with Crippen molar-refractivity contribution >= 4 is 50.0 Å². The SMILES string of the molecule is CCNCC1CCN(S(=O)(=O)c2ccc(Br)c(Cl)c2)CC1.Cl. The Morgan fingerprint density at radius 1 is 1.36 bits per heavy atom. The smallest absolute Gasteiger partial charge is 0.243 e. The van der Waals surface area contributed by atoms with E-state index in [0.717, 1.165) is 25.9 Å². The van der Waals surface area contributed by atoms with E-state index < -0.39 is 10.0 Å². The summed E-state index contributed by atoms with van der Waals surface area (Å²) in [7, 11) is -3.44. The van der Waals surface area contributed by atoms with Crippen molar-refractivity contribution < 1.29 is 8.42 Å². The number of hydrogen-bond donors (Lipinski definition) is 1. The summed E-state index contributed by atoms with van der Waals surface area (Å²) >= 11 is 9.28. The fraction of sp³-hybridized carbons (Fsp3) is 0.571. The van der Waals surface area contributed by atoms with Gasteiger partial charge in [-0.05, 0) is 66.0 Å². The second-order valence-electron chi connectivity index (χ2n) is 5.23. The van der Waals surface area contributed by atoms with Crippen molar-refractivity contribution in [2.75, 3.05) is 26.2 Å². The molecule has 0 aromatic heterocycles. The van der Waals surface area contributed by atoms with Gasteiger partial charge in [-0.2, -0.15) is 4.31 Å². The van der Waals surface area contributed by atoms with Gasteiger partial charge in [-0.15, -0.1) is 12.4 Å². The zero-order valence-electron chi connectivity index (χ0n) is 12.4. The molecule has 1 aliphatic heterocycles. The van der Waals surface area contributed by atoms with E-state index in [1.54, 1.807) is 16.4 Å². The maximum atomic E-state index is 12.6. The Labute approximate surface area is 152 Å². The van der Waals surface area contributed by atoms with E-state index in [1.165, 1.54) is 6.07 Å². The van der Waals surface area contributed by atoms with Crippen LogP contribution in [0.5, 0.6) is 0 Å². The Hall–Kier alpha value is 0.150. The van der Waals surface area contributed by atoms with Gasteiger partial charge in [0.05, 0.1) is 9.92 Å². The average Bonchev–Trinajstić information content (AvgIpc) is 2.48. The molecule has 22 heavy (non-hydrogen) atoms. The molecule has 0 unspecified atom stereocenters. The number of halogens is 3. The van der Waals surface area contributed by atoms with Crippen LogP contribution in [0.4, 0.5) is 0 Å². The van der Waals surface area contributed by atoms with E-state index in [1.807, 2.05) is 0 Å². The van der Waals surface area contributed by atoms with Crippen molar-refractivity contribution in [3.05, 3.63) is 27.7 Å². The largest absolute Gasteiger partial charge is 0.317 e. The van der Waals surface area contributed by atoms with Crippen LogP contribution in [-0.4, -0.2) is 38.9 Å². The number of benzene rings is 1. The van der Waals surface area contributed by atoms with E-state index in [4.69, 9.17) is 11.6 Å². The predicted octanol–water partition coefficient (Wildman–Crippen LogP) is 3.53. The first-order chi connectivity index (χ1) is 9.95. The maximum Gasteiger partial charge on any atom is 0.243 e. The zero-order valence-corrected chi connectivity index (χ0v) is 16.4. The molecule has 4 nitrogen and oxygen atoms in total. The lowest BCUT2D eigenvalue weighted by atomic mass is 9.98. The van der Waals surface area contributed by atoms with Crippen molar-refractivity contribution in [3.63, 3.8) is 0 Å². The summed E-state index contributed by atoms with van der Waals surface area (Å²) in [4.78, 5) is 0.265. The molecule has 0 spiro atoms. The second kappa shape index (κ2) is 8.85. The third-order valence-corrected chi connectivity index (χ3v) is 6.91.